The Morgan fingerprint density at radius 1 is 0.958 bits per heavy atom. The number of rotatable bonds is 3. The smallest absolute Gasteiger partial charge is 0.157 e. The second-order valence-corrected chi connectivity index (χ2v) is 5.86. The number of fused-ring (bicyclic) bond motifs is 1. The van der Waals surface area contributed by atoms with Gasteiger partial charge in [0.15, 0.2) is 5.65 Å². The lowest BCUT2D eigenvalue weighted by Gasteiger charge is -2.04. The number of nitrogens with one attached hydrogen (secondary N) is 1. The van der Waals surface area contributed by atoms with Gasteiger partial charge >= 0.3 is 0 Å². The fraction of sp³-hybridized carbons (Fsp3) is 0.0526. The molecule has 2 aromatic carbocycles. The Kier molecular flexibility index (Phi) is 3.67. The zero-order valence-corrected chi connectivity index (χ0v) is 13.7. The van der Waals surface area contributed by atoms with Crippen molar-refractivity contribution in [1.82, 2.24) is 15.0 Å². The topological polar surface area (TPSA) is 50.8 Å². The molecule has 2 aromatic heterocycles. The summed E-state index contributed by atoms with van der Waals surface area (Å²) in [7, 11) is 1.66. The maximum atomic E-state index is 6.06. The molecule has 24 heavy (non-hydrogen) atoms. The van der Waals surface area contributed by atoms with Crippen molar-refractivity contribution in [3.05, 3.63) is 65.8 Å². The van der Waals surface area contributed by atoms with E-state index < -0.39 is 0 Å². The van der Waals surface area contributed by atoms with Crippen LogP contribution >= 0.6 is 11.6 Å². The molecular weight excluding hydrogens is 322 g/mol. The lowest BCUT2D eigenvalue weighted by atomic mass is 10.1. The number of H-pyrrole nitrogens is 1. The Hall–Kier alpha value is -2.85. The Morgan fingerprint density at radius 3 is 2.62 bits per heavy atom. The summed E-state index contributed by atoms with van der Waals surface area (Å²) in [6.07, 6.45) is 1.83. The molecule has 0 bridgehead atoms. The molecule has 0 aliphatic rings. The quantitative estimate of drug-likeness (QED) is 0.576. The zero-order chi connectivity index (χ0) is 16.5. The average Bonchev–Trinajstić information content (AvgIpc) is 3.05. The number of methoxy groups -OCH3 is 1. The van der Waals surface area contributed by atoms with Gasteiger partial charge in [-0.2, -0.15) is 0 Å². The SMILES string of the molecule is COc1cccc(-c2cnc3[nH]c(-c4cccc(Cl)c4)nc3c2)c1. The Labute approximate surface area is 144 Å². The van der Waals surface area contributed by atoms with Gasteiger partial charge in [0.25, 0.3) is 0 Å². The highest BCUT2D eigenvalue weighted by atomic mass is 35.5. The number of pyridine rings is 1. The second kappa shape index (κ2) is 5.98. The number of ether oxygens (including phenoxy) is 1. The molecule has 4 nitrogen and oxygen atoms in total. The summed E-state index contributed by atoms with van der Waals surface area (Å²) in [6, 6.07) is 17.5. The second-order valence-electron chi connectivity index (χ2n) is 5.42. The van der Waals surface area contributed by atoms with E-state index in [0.29, 0.717) is 5.02 Å². The van der Waals surface area contributed by atoms with Crippen LogP contribution in [0.5, 0.6) is 5.75 Å². The number of imidazole rings is 1. The highest BCUT2D eigenvalue weighted by Gasteiger charge is 2.09. The van der Waals surface area contributed by atoms with E-state index in [0.717, 1.165) is 39.4 Å². The van der Waals surface area contributed by atoms with Crippen molar-refractivity contribution < 1.29 is 4.74 Å². The van der Waals surface area contributed by atoms with E-state index in [2.05, 4.69) is 15.0 Å². The monoisotopic (exact) mass is 335 g/mol. The first-order valence-electron chi connectivity index (χ1n) is 7.49. The summed E-state index contributed by atoms with van der Waals surface area (Å²) >= 11 is 6.06. The summed E-state index contributed by atoms with van der Waals surface area (Å²) < 4.78 is 5.28. The fourth-order valence-electron chi connectivity index (χ4n) is 2.63. The summed E-state index contributed by atoms with van der Waals surface area (Å²) in [6.45, 7) is 0. The molecule has 1 N–H and O–H groups in total. The fourth-order valence-corrected chi connectivity index (χ4v) is 2.82. The molecule has 0 aliphatic carbocycles. The number of aromatic nitrogens is 3. The molecule has 0 atom stereocenters. The number of hydrogen-bond acceptors (Lipinski definition) is 3. The van der Waals surface area contributed by atoms with E-state index in [1.54, 1.807) is 7.11 Å². The maximum absolute atomic E-state index is 6.06. The van der Waals surface area contributed by atoms with Gasteiger partial charge in [-0.3, -0.25) is 0 Å². The highest BCUT2D eigenvalue weighted by Crippen LogP contribution is 2.27. The van der Waals surface area contributed by atoms with E-state index in [1.807, 2.05) is 60.8 Å². The van der Waals surface area contributed by atoms with Crippen LogP contribution in [0.2, 0.25) is 5.02 Å². The molecule has 4 aromatic rings. The van der Waals surface area contributed by atoms with Crippen LogP contribution in [0.15, 0.2) is 60.8 Å². The summed E-state index contributed by atoms with van der Waals surface area (Å²) in [5.41, 5.74) is 4.52. The molecule has 0 saturated carbocycles. The number of benzene rings is 2. The van der Waals surface area contributed by atoms with Crippen LogP contribution in [0.3, 0.4) is 0 Å². The van der Waals surface area contributed by atoms with Crippen molar-refractivity contribution in [2.24, 2.45) is 0 Å². The van der Waals surface area contributed by atoms with Crippen molar-refractivity contribution in [3.63, 3.8) is 0 Å². The van der Waals surface area contributed by atoms with Crippen molar-refractivity contribution in [1.29, 1.82) is 0 Å². The van der Waals surface area contributed by atoms with E-state index in [-0.39, 0.29) is 0 Å². The molecule has 0 aliphatic heterocycles. The minimum Gasteiger partial charge on any atom is -0.497 e. The van der Waals surface area contributed by atoms with Gasteiger partial charge in [0.05, 0.1) is 7.11 Å². The number of halogens is 1. The molecule has 0 unspecified atom stereocenters. The van der Waals surface area contributed by atoms with Crippen LogP contribution in [0.4, 0.5) is 0 Å². The van der Waals surface area contributed by atoms with Gasteiger partial charge in [0.2, 0.25) is 0 Å². The minimum atomic E-state index is 0.679. The lowest BCUT2D eigenvalue weighted by Crippen LogP contribution is -1.85. The summed E-state index contributed by atoms with van der Waals surface area (Å²) in [5, 5.41) is 0.679. The Bertz CT molecular complexity index is 1030. The van der Waals surface area contributed by atoms with Crippen molar-refractivity contribution in [2.75, 3.05) is 7.11 Å². The molecule has 0 amide bonds. The largest absolute Gasteiger partial charge is 0.497 e. The van der Waals surface area contributed by atoms with E-state index >= 15 is 0 Å². The van der Waals surface area contributed by atoms with Gasteiger partial charge in [-0.25, -0.2) is 9.97 Å². The number of nitrogens with zero attached hydrogens (tertiary/aromatic N) is 2. The van der Waals surface area contributed by atoms with Crippen molar-refractivity contribution >= 4 is 22.8 Å². The van der Waals surface area contributed by atoms with Crippen LogP contribution in [0.25, 0.3) is 33.7 Å². The highest BCUT2D eigenvalue weighted by molar-refractivity contribution is 6.30. The molecule has 2 heterocycles. The van der Waals surface area contributed by atoms with Crippen molar-refractivity contribution in [2.45, 2.75) is 0 Å². The molecule has 0 spiro atoms. The zero-order valence-electron chi connectivity index (χ0n) is 13.0. The van der Waals surface area contributed by atoms with Gasteiger partial charge in [-0.05, 0) is 35.9 Å². The first-order valence-corrected chi connectivity index (χ1v) is 7.87. The molecule has 118 valence electrons. The third kappa shape index (κ3) is 2.72. The molecular formula is C19H14ClN3O. The first-order chi connectivity index (χ1) is 11.7. The minimum absolute atomic E-state index is 0.679. The Balaban J connectivity index is 1.78. The van der Waals surface area contributed by atoms with Crippen LogP contribution in [-0.2, 0) is 0 Å². The van der Waals surface area contributed by atoms with Gasteiger partial charge < -0.3 is 9.72 Å². The van der Waals surface area contributed by atoms with Crippen molar-refractivity contribution in [3.8, 4) is 28.3 Å². The van der Waals surface area contributed by atoms with Crippen LogP contribution in [0.1, 0.15) is 0 Å². The predicted octanol–water partition coefficient (Wildman–Crippen LogP) is 4.95. The van der Waals surface area contributed by atoms with Crippen LogP contribution in [-0.4, -0.2) is 22.1 Å². The molecule has 4 rings (SSSR count). The van der Waals surface area contributed by atoms with Gasteiger partial charge in [-0.15, -0.1) is 0 Å². The molecule has 5 heteroatoms. The summed E-state index contributed by atoms with van der Waals surface area (Å²) in [4.78, 5) is 12.4. The third-order valence-electron chi connectivity index (χ3n) is 3.84. The molecule has 0 radical (unpaired) electrons. The van der Waals surface area contributed by atoms with Gasteiger partial charge in [-0.1, -0.05) is 35.9 Å². The van der Waals surface area contributed by atoms with Crippen LogP contribution in [0, 0.1) is 0 Å². The predicted molar refractivity (Wildman–Crippen MR) is 96.3 cm³/mol. The normalized spacial score (nSPS) is 10.9. The van der Waals surface area contributed by atoms with Gasteiger partial charge in [0.1, 0.15) is 17.1 Å². The summed E-state index contributed by atoms with van der Waals surface area (Å²) in [5.74, 6) is 1.57. The number of hydrogen-bond donors (Lipinski definition) is 1. The van der Waals surface area contributed by atoms with E-state index in [4.69, 9.17) is 16.3 Å². The first kappa shape index (κ1) is 14.7. The number of aromatic amines is 1. The average molecular weight is 336 g/mol. The lowest BCUT2D eigenvalue weighted by molar-refractivity contribution is 0.415. The Morgan fingerprint density at radius 2 is 1.79 bits per heavy atom. The van der Waals surface area contributed by atoms with E-state index in [9.17, 15) is 0 Å². The van der Waals surface area contributed by atoms with E-state index in [1.165, 1.54) is 0 Å². The maximum Gasteiger partial charge on any atom is 0.157 e. The van der Waals surface area contributed by atoms with Gasteiger partial charge in [0, 0.05) is 22.3 Å². The third-order valence-corrected chi connectivity index (χ3v) is 4.07. The molecule has 0 saturated heterocycles. The van der Waals surface area contributed by atoms with Crippen LogP contribution < -0.4 is 4.74 Å². The standard InChI is InChI=1S/C19H14ClN3O/c1-24-16-7-3-4-12(9-16)14-10-17-19(21-11-14)23-18(22-17)13-5-2-6-15(20)8-13/h2-11H,1H3,(H,21,22,23). The molecule has 0 fully saturated rings.